The molecule has 3 unspecified atom stereocenters. The fraction of sp³-hybridized carbons (Fsp3) is 0.394. The molecule has 0 radical (unpaired) electrons. The molecule has 6 heteroatoms. The molecule has 2 N–H and O–H groups in total. The Morgan fingerprint density at radius 1 is 0.974 bits per heavy atom. The third-order valence-corrected chi connectivity index (χ3v) is 9.09. The molecule has 0 spiro atoms. The number of H-pyrrole nitrogens is 1. The van der Waals surface area contributed by atoms with Crippen molar-refractivity contribution in [2.24, 2.45) is 5.92 Å². The predicted molar refractivity (Wildman–Crippen MR) is 154 cm³/mol. The molecule has 200 valence electrons. The Labute approximate surface area is 229 Å². The molecule has 1 saturated carbocycles. The molecular weight excluding hydrogens is 484 g/mol. The molecule has 4 aromatic rings. The Hall–Kier alpha value is -3.64. The molecule has 3 atom stereocenters. The van der Waals surface area contributed by atoms with Gasteiger partial charge in [0.05, 0.1) is 17.3 Å². The maximum atomic E-state index is 13.3. The fourth-order valence-corrected chi connectivity index (χ4v) is 6.71. The van der Waals surface area contributed by atoms with Crippen molar-refractivity contribution >= 4 is 16.8 Å². The Kier molecular flexibility index (Phi) is 6.36. The summed E-state index contributed by atoms with van der Waals surface area (Å²) in [5, 5.41) is 12.0. The number of carbonyl (C=O) groups excluding carboxylic acids is 1. The smallest absolute Gasteiger partial charge is 0.251 e. The summed E-state index contributed by atoms with van der Waals surface area (Å²) in [7, 11) is 2.28. The number of piperidine rings is 2. The van der Waals surface area contributed by atoms with Gasteiger partial charge >= 0.3 is 0 Å². The number of carbonyl (C=O) groups is 1. The SMILES string of the molecule is CN1C2CCCC1CC(Oc1ccc(-c3n[nH]c4ccc(C(=O)NC(c5ccccc5)C5CC5)cc34)cc1)C2. The van der Waals surface area contributed by atoms with Crippen molar-refractivity contribution in [1.82, 2.24) is 20.4 Å². The van der Waals surface area contributed by atoms with E-state index in [-0.39, 0.29) is 18.1 Å². The highest BCUT2D eigenvalue weighted by Crippen LogP contribution is 2.41. The predicted octanol–water partition coefficient (Wildman–Crippen LogP) is 6.51. The Bertz CT molecular complexity index is 1450. The van der Waals surface area contributed by atoms with Gasteiger partial charge in [-0.3, -0.25) is 9.89 Å². The maximum absolute atomic E-state index is 13.3. The number of aromatic nitrogens is 2. The number of hydrogen-bond donors (Lipinski definition) is 2. The van der Waals surface area contributed by atoms with E-state index < -0.39 is 0 Å². The van der Waals surface area contributed by atoms with E-state index in [0.29, 0.717) is 23.6 Å². The van der Waals surface area contributed by atoms with Gasteiger partial charge in [0.15, 0.2) is 0 Å². The third-order valence-electron chi connectivity index (χ3n) is 9.09. The van der Waals surface area contributed by atoms with Gasteiger partial charge in [-0.05, 0) is 99.5 Å². The van der Waals surface area contributed by atoms with Gasteiger partial charge in [-0.15, -0.1) is 0 Å². The molecule has 39 heavy (non-hydrogen) atoms. The van der Waals surface area contributed by atoms with Crippen LogP contribution in [0.5, 0.6) is 5.75 Å². The number of nitrogens with one attached hydrogen (secondary N) is 2. The van der Waals surface area contributed by atoms with Gasteiger partial charge in [-0.1, -0.05) is 36.8 Å². The van der Waals surface area contributed by atoms with Crippen molar-refractivity contribution in [2.75, 3.05) is 7.05 Å². The van der Waals surface area contributed by atoms with E-state index in [1.807, 2.05) is 36.4 Å². The van der Waals surface area contributed by atoms with E-state index in [1.165, 1.54) is 24.8 Å². The second-order valence-corrected chi connectivity index (χ2v) is 11.7. The second kappa shape index (κ2) is 10.2. The molecule has 3 aliphatic rings. The first-order valence-electron chi connectivity index (χ1n) is 14.5. The van der Waals surface area contributed by atoms with E-state index in [4.69, 9.17) is 4.74 Å². The topological polar surface area (TPSA) is 70.2 Å². The summed E-state index contributed by atoms with van der Waals surface area (Å²) in [4.78, 5) is 15.9. The number of aromatic amines is 1. The lowest BCUT2D eigenvalue weighted by Gasteiger charge is -2.46. The molecule has 1 amide bonds. The minimum atomic E-state index is -0.0450. The van der Waals surface area contributed by atoms with Crippen LogP contribution >= 0.6 is 0 Å². The lowest BCUT2D eigenvalue weighted by Crippen LogP contribution is -2.52. The number of hydrogen-bond acceptors (Lipinski definition) is 4. The van der Waals surface area contributed by atoms with Crippen LogP contribution in [-0.4, -0.2) is 46.2 Å². The number of amides is 1. The normalized spacial score (nSPS) is 23.9. The Balaban J connectivity index is 1.08. The van der Waals surface area contributed by atoms with Crippen LogP contribution < -0.4 is 10.1 Å². The molecule has 2 saturated heterocycles. The van der Waals surface area contributed by atoms with Crippen molar-refractivity contribution in [1.29, 1.82) is 0 Å². The van der Waals surface area contributed by atoms with Crippen molar-refractivity contribution < 1.29 is 9.53 Å². The van der Waals surface area contributed by atoms with Gasteiger partial charge in [0.25, 0.3) is 5.91 Å². The van der Waals surface area contributed by atoms with Gasteiger partial charge in [-0.2, -0.15) is 5.10 Å². The molecule has 2 bridgehead atoms. The minimum Gasteiger partial charge on any atom is -0.490 e. The van der Waals surface area contributed by atoms with Gasteiger partial charge in [0.1, 0.15) is 11.9 Å². The van der Waals surface area contributed by atoms with Crippen molar-refractivity contribution in [2.45, 2.75) is 69.2 Å². The largest absolute Gasteiger partial charge is 0.490 e. The van der Waals surface area contributed by atoms with Crippen molar-refractivity contribution in [3.63, 3.8) is 0 Å². The lowest BCUT2D eigenvalue weighted by molar-refractivity contribution is 0.000144. The highest BCUT2D eigenvalue weighted by molar-refractivity contribution is 6.01. The van der Waals surface area contributed by atoms with E-state index in [9.17, 15) is 4.79 Å². The average molecular weight is 521 g/mol. The molecule has 1 aromatic heterocycles. The van der Waals surface area contributed by atoms with E-state index in [1.54, 1.807) is 0 Å². The number of benzene rings is 3. The van der Waals surface area contributed by atoms with E-state index >= 15 is 0 Å². The van der Waals surface area contributed by atoms with E-state index in [0.717, 1.165) is 53.6 Å². The van der Waals surface area contributed by atoms with Crippen molar-refractivity contribution in [3.05, 3.63) is 83.9 Å². The number of nitrogens with zero attached hydrogens (tertiary/aromatic N) is 2. The fourth-order valence-electron chi connectivity index (χ4n) is 6.71. The van der Waals surface area contributed by atoms with E-state index in [2.05, 4.69) is 63.9 Å². The molecular formula is C33H36N4O2. The summed E-state index contributed by atoms with van der Waals surface area (Å²) in [6.07, 6.45) is 8.72. The van der Waals surface area contributed by atoms with Crippen LogP contribution in [0.4, 0.5) is 0 Å². The van der Waals surface area contributed by atoms with Crippen LogP contribution in [0.25, 0.3) is 22.2 Å². The molecule has 7 rings (SSSR count). The maximum Gasteiger partial charge on any atom is 0.251 e. The van der Waals surface area contributed by atoms with Crippen LogP contribution in [0, 0.1) is 5.92 Å². The molecule has 2 aliphatic heterocycles. The summed E-state index contributed by atoms with van der Waals surface area (Å²) in [6, 6.07) is 25.7. The summed E-state index contributed by atoms with van der Waals surface area (Å²) in [5.41, 5.74) is 4.60. The van der Waals surface area contributed by atoms with Crippen LogP contribution in [0.3, 0.4) is 0 Å². The first-order chi connectivity index (χ1) is 19.1. The highest BCUT2D eigenvalue weighted by Gasteiger charge is 2.37. The second-order valence-electron chi connectivity index (χ2n) is 11.7. The summed E-state index contributed by atoms with van der Waals surface area (Å²) in [6.45, 7) is 0. The van der Waals surface area contributed by atoms with Crippen LogP contribution in [-0.2, 0) is 0 Å². The first kappa shape index (κ1) is 24.4. The standard InChI is InChI=1S/C33H36N4O2/c1-37-25-8-5-9-26(37)20-28(19-25)39-27-15-12-23(13-16-27)32-29-18-24(14-17-30(29)35-36-32)33(38)34-31(22-10-11-22)21-6-3-2-4-7-21/h2-4,6-7,12-18,22,25-26,28,31H,5,8-11,19-20H2,1H3,(H,34,38)(H,35,36). The number of fused-ring (bicyclic) bond motifs is 3. The zero-order chi connectivity index (χ0) is 26.3. The Morgan fingerprint density at radius 3 is 2.44 bits per heavy atom. The van der Waals surface area contributed by atoms with Gasteiger partial charge in [0, 0.05) is 28.6 Å². The summed E-state index contributed by atoms with van der Waals surface area (Å²) >= 11 is 0. The lowest BCUT2D eigenvalue weighted by atomic mass is 9.83. The molecule has 3 fully saturated rings. The van der Waals surface area contributed by atoms with Gasteiger partial charge < -0.3 is 15.0 Å². The zero-order valence-electron chi connectivity index (χ0n) is 22.5. The Morgan fingerprint density at radius 2 is 1.72 bits per heavy atom. The van der Waals surface area contributed by atoms with Crippen LogP contribution in [0.1, 0.15) is 66.9 Å². The van der Waals surface area contributed by atoms with Gasteiger partial charge in [0.2, 0.25) is 0 Å². The molecule has 1 aliphatic carbocycles. The van der Waals surface area contributed by atoms with Gasteiger partial charge in [-0.25, -0.2) is 0 Å². The highest BCUT2D eigenvalue weighted by atomic mass is 16.5. The quantitative estimate of drug-likeness (QED) is 0.292. The van der Waals surface area contributed by atoms with Crippen LogP contribution in [0.2, 0.25) is 0 Å². The third kappa shape index (κ3) is 4.94. The van der Waals surface area contributed by atoms with Crippen LogP contribution in [0.15, 0.2) is 72.8 Å². The first-order valence-corrected chi connectivity index (χ1v) is 14.5. The number of ether oxygens (including phenoxy) is 1. The molecule has 3 aromatic carbocycles. The zero-order valence-corrected chi connectivity index (χ0v) is 22.5. The number of rotatable bonds is 7. The summed E-state index contributed by atoms with van der Waals surface area (Å²) < 4.78 is 6.44. The molecule has 3 heterocycles. The molecule has 6 nitrogen and oxygen atoms in total. The average Bonchev–Trinajstić information content (AvgIpc) is 3.71. The minimum absolute atomic E-state index is 0.0450. The summed E-state index contributed by atoms with van der Waals surface area (Å²) in [5.74, 6) is 1.38. The van der Waals surface area contributed by atoms with Crippen molar-refractivity contribution in [3.8, 4) is 17.0 Å². The monoisotopic (exact) mass is 520 g/mol.